The van der Waals surface area contributed by atoms with Crippen LogP contribution in [0.25, 0.3) is 0 Å². The van der Waals surface area contributed by atoms with Gasteiger partial charge in [0.1, 0.15) is 22.9 Å². The van der Waals surface area contributed by atoms with Crippen LogP contribution in [-0.4, -0.2) is 16.2 Å². The molecule has 0 amide bonds. The molecular weight excluding hydrogens is 338 g/mol. The van der Waals surface area contributed by atoms with Crippen molar-refractivity contribution in [3.8, 4) is 5.75 Å². The lowest BCUT2D eigenvalue weighted by atomic mass is 9.95. The SMILES string of the molecule is O=C(O)c1cc(Cc2ccc(F)cc2)cc(Cc2ccc(F)cc2)c1O. The maximum atomic E-state index is 13.1. The van der Waals surface area contributed by atoms with Gasteiger partial charge in [-0.1, -0.05) is 30.3 Å². The van der Waals surface area contributed by atoms with Crippen molar-refractivity contribution in [3.05, 3.63) is 100 Å². The van der Waals surface area contributed by atoms with Gasteiger partial charge in [-0.3, -0.25) is 0 Å². The molecule has 3 aromatic carbocycles. The summed E-state index contributed by atoms with van der Waals surface area (Å²) in [4.78, 5) is 11.5. The van der Waals surface area contributed by atoms with Crippen molar-refractivity contribution in [1.82, 2.24) is 0 Å². The van der Waals surface area contributed by atoms with E-state index in [2.05, 4.69) is 0 Å². The van der Waals surface area contributed by atoms with Crippen LogP contribution in [0.15, 0.2) is 60.7 Å². The zero-order chi connectivity index (χ0) is 18.7. The molecule has 0 fully saturated rings. The molecule has 0 saturated heterocycles. The molecule has 3 rings (SSSR count). The molecular formula is C21H16F2O3. The number of aromatic carboxylic acids is 1. The van der Waals surface area contributed by atoms with Gasteiger partial charge in [0.05, 0.1) is 0 Å². The number of hydrogen-bond donors (Lipinski definition) is 2. The Morgan fingerprint density at radius 2 is 1.27 bits per heavy atom. The van der Waals surface area contributed by atoms with E-state index in [0.29, 0.717) is 17.5 Å². The highest BCUT2D eigenvalue weighted by atomic mass is 19.1. The zero-order valence-electron chi connectivity index (χ0n) is 13.7. The molecule has 0 aliphatic heterocycles. The topological polar surface area (TPSA) is 57.5 Å². The van der Waals surface area contributed by atoms with Crippen LogP contribution in [0.3, 0.4) is 0 Å². The van der Waals surface area contributed by atoms with E-state index in [-0.39, 0.29) is 29.4 Å². The number of rotatable bonds is 5. The summed E-state index contributed by atoms with van der Waals surface area (Å²) in [5, 5.41) is 19.7. The van der Waals surface area contributed by atoms with E-state index in [1.54, 1.807) is 30.3 Å². The van der Waals surface area contributed by atoms with E-state index in [0.717, 1.165) is 11.1 Å². The molecule has 0 aliphatic rings. The fraction of sp³-hybridized carbons (Fsp3) is 0.0952. The summed E-state index contributed by atoms with van der Waals surface area (Å²) in [6.45, 7) is 0. The van der Waals surface area contributed by atoms with Crippen LogP contribution in [0, 0.1) is 11.6 Å². The molecule has 0 radical (unpaired) electrons. The normalized spacial score (nSPS) is 10.7. The van der Waals surface area contributed by atoms with Crippen molar-refractivity contribution >= 4 is 5.97 Å². The number of phenols is 1. The molecule has 0 saturated carbocycles. The second-order valence-electron chi connectivity index (χ2n) is 6.06. The summed E-state index contributed by atoms with van der Waals surface area (Å²) < 4.78 is 26.1. The maximum Gasteiger partial charge on any atom is 0.339 e. The predicted molar refractivity (Wildman–Crippen MR) is 93.5 cm³/mol. The van der Waals surface area contributed by atoms with Gasteiger partial charge < -0.3 is 10.2 Å². The lowest BCUT2D eigenvalue weighted by molar-refractivity contribution is 0.0693. The van der Waals surface area contributed by atoms with Crippen LogP contribution < -0.4 is 0 Å². The smallest absolute Gasteiger partial charge is 0.339 e. The number of aromatic hydroxyl groups is 1. The average Bonchev–Trinajstić information content (AvgIpc) is 2.61. The zero-order valence-corrected chi connectivity index (χ0v) is 13.7. The number of halogens is 2. The Labute approximate surface area is 149 Å². The largest absolute Gasteiger partial charge is 0.507 e. The molecule has 0 aliphatic carbocycles. The number of carbonyl (C=O) groups is 1. The highest BCUT2D eigenvalue weighted by Gasteiger charge is 2.16. The lowest BCUT2D eigenvalue weighted by Gasteiger charge is -2.12. The van der Waals surface area contributed by atoms with E-state index in [9.17, 15) is 23.8 Å². The van der Waals surface area contributed by atoms with Crippen LogP contribution in [0.4, 0.5) is 8.78 Å². The Morgan fingerprint density at radius 3 is 1.77 bits per heavy atom. The Hall–Kier alpha value is -3.21. The Kier molecular flexibility index (Phi) is 4.98. The van der Waals surface area contributed by atoms with Crippen molar-refractivity contribution in [3.63, 3.8) is 0 Å². The standard InChI is InChI=1S/C21H16F2O3/c22-17-5-1-13(2-6-17)9-15-11-16(20(24)19(12-15)21(25)26)10-14-3-7-18(23)8-4-14/h1-8,11-12,24H,9-10H2,(H,25,26). The first-order chi connectivity index (χ1) is 12.4. The van der Waals surface area contributed by atoms with Gasteiger partial charge in [0, 0.05) is 6.42 Å². The van der Waals surface area contributed by atoms with Gasteiger partial charge in [0.2, 0.25) is 0 Å². The first-order valence-electron chi connectivity index (χ1n) is 7.99. The molecule has 3 nitrogen and oxygen atoms in total. The fourth-order valence-corrected chi connectivity index (χ4v) is 2.82. The van der Waals surface area contributed by atoms with Gasteiger partial charge in [0.15, 0.2) is 0 Å². The Balaban J connectivity index is 1.97. The summed E-state index contributed by atoms with van der Waals surface area (Å²) >= 11 is 0. The van der Waals surface area contributed by atoms with Crippen molar-refractivity contribution < 1.29 is 23.8 Å². The van der Waals surface area contributed by atoms with Crippen molar-refractivity contribution in [2.75, 3.05) is 0 Å². The van der Waals surface area contributed by atoms with Crippen LogP contribution in [-0.2, 0) is 12.8 Å². The minimum atomic E-state index is -1.23. The minimum Gasteiger partial charge on any atom is -0.507 e. The molecule has 5 heteroatoms. The molecule has 0 unspecified atom stereocenters. The van der Waals surface area contributed by atoms with E-state index in [1.165, 1.54) is 30.3 Å². The molecule has 0 bridgehead atoms. The average molecular weight is 354 g/mol. The summed E-state index contributed by atoms with van der Waals surface area (Å²) in [5.41, 5.74) is 2.50. The quantitative estimate of drug-likeness (QED) is 0.707. The maximum absolute atomic E-state index is 13.1. The molecule has 2 N–H and O–H groups in total. The molecule has 0 heterocycles. The van der Waals surface area contributed by atoms with Crippen LogP contribution >= 0.6 is 0 Å². The number of hydrogen-bond acceptors (Lipinski definition) is 2. The van der Waals surface area contributed by atoms with E-state index < -0.39 is 5.97 Å². The van der Waals surface area contributed by atoms with Gasteiger partial charge in [-0.05, 0) is 59.0 Å². The molecule has 132 valence electrons. The molecule has 0 atom stereocenters. The third-order valence-electron chi connectivity index (χ3n) is 4.11. The van der Waals surface area contributed by atoms with Gasteiger partial charge >= 0.3 is 5.97 Å². The summed E-state index contributed by atoms with van der Waals surface area (Å²) in [6, 6.07) is 14.9. The number of carboxylic acids is 1. The van der Waals surface area contributed by atoms with Gasteiger partial charge in [-0.15, -0.1) is 0 Å². The molecule has 0 spiro atoms. The second-order valence-corrected chi connectivity index (χ2v) is 6.06. The van der Waals surface area contributed by atoms with E-state index >= 15 is 0 Å². The third kappa shape index (κ3) is 4.06. The van der Waals surface area contributed by atoms with Crippen molar-refractivity contribution in [2.45, 2.75) is 12.8 Å². The predicted octanol–water partition coefficient (Wildman–Crippen LogP) is 4.55. The van der Waals surface area contributed by atoms with Gasteiger partial charge in [-0.2, -0.15) is 0 Å². The van der Waals surface area contributed by atoms with E-state index in [1.807, 2.05) is 0 Å². The van der Waals surface area contributed by atoms with Gasteiger partial charge in [0.25, 0.3) is 0 Å². The summed E-state index contributed by atoms with van der Waals surface area (Å²) in [5.74, 6) is -2.24. The van der Waals surface area contributed by atoms with Crippen molar-refractivity contribution in [2.24, 2.45) is 0 Å². The second kappa shape index (κ2) is 7.35. The van der Waals surface area contributed by atoms with Crippen LogP contribution in [0.5, 0.6) is 5.75 Å². The minimum absolute atomic E-state index is 0.193. The fourth-order valence-electron chi connectivity index (χ4n) is 2.82. The number of benzene rings is 3. The molecule has 26 heavy (non-hydrogen) atoms. The monoisotopic (exact) mass is 354 g/mol. The Bertz CT molecular complexity index is 933. The summed E-state index contributed by atoms with van der Waals surface area (Å²) in [7, 11) is 0. The number of carboxylic acid groups (broad SMARTS) is 1. The first-order valence-corrected chi connectivity index (χ1v) is 7.99. The van der Waals surface area contributed by atoms with E-state index in [4.69, 9.17) is 0 Å². The lowest BCUT2D eigenvalue weighted by Crippen LogP contribution is -2.03. The highest BCUT2D eigenvalue weighted by molar-refractivity contribution is 5.91. The van der Waals surface area contributed by atoms with Crippen LogP contribution in [0.2, 0.25) is 0 Å². The Morgan fingerprint density at radius 1 is 0.769 bits per heavy atom. The molecule has 0 aromatic heterocycles. The first kappa shape index (κ1) is 17.6. The van der Waals surface area contributed by atoms with Crippen molar-refractivity contribution in [1.29, 1.82) is 0 Å². The van der Waals surface area contributed by atoms with Gasteiger partial charge in [-0.25, -0.2) is 13.6 Å². The molecule has 3 aromatic rings. The summed E-state index contributed by atoms with van der Waals surface area (Å²) in [6.07, 6.45) is 0.668. The third-order valence-corrected chi connectivity index (χ3v) is 4.11. The highest BCUT2D eigenvalue weighted by Crippen LogP contribution is 2.28. The van der Waals surface area contributed by atoms with Crippen LogP contribution in [0.1, 0.15) is 32.6 Å².